The molecule has 4 nitrogen and oxygen atoms in total. The topological polar surface area (TPSA) is 57.6 Å². The Morgan fingerprint density at radius 2 is 2.00 bits per heavy atom. The number of benzene rings is 2. The summed E-state index contributed by atoms with van der Waals surface area (Å²) in [5.41, 5.74) is 2.52. The monoisotopic (exact) mass is 314 g/mol. The van der Waals surface area contributed by atoms with Crippen LogP contribution in [0.2, 0.25) is 5.02 Å². The van der Waals surface area contributed by atoms with E-state index in [1.54, 1.807) is 25.5 Å². The van der Waals surface area contributed by atoms with Crippen LogP contribution in [0.4, 0.5) is 0 Å². The molecule has 0 radical (unpaired) electrons. The third-order valence-corrected chi connectivity index (χ3v) is 3.67. The van der Waals surface area contributed by atoms with Gasteiger partial charge in [-0.1, -0.05) is 29.8 Å². The fourth-order valence-corrected chi connectivity index (χ4v) is 2.45. The highest BCUT2D eigenvalue weighted by molar-refractivity contribution is 6.31. The van der Waals surface area contributed by atoms with Crippen LogP contribution in [0.5, 0.6) is 11.6 Å². The van der Waals surface area contributed by atoms with Gasteiger partial charge < -0.3 is 14.8 Å². The van der Waals surface area contributed by atoms with Crippen LogP contribution in [0, 0.1) is 0 Å². The van der Waals surface area contributed by atoms with Crippen molar-refractivity contribution in [2.45, 2.75) is 6.54 Å². The summed E-state index contributed by atoms with van der Waals surface area (Å²) in [6.07, 6.45) is 1.67. The van der Waals surface area contributed by atoms with E-state index in [2.05, 4.69) is 9.98 Å². The Balaban J connectivity index is 1.81. The summed E-state index contributed by atoms with van der Waals surface area (Å²) in [5, 5.41) is 11.5. The molecule has 0 spiro atoms. The Hall–Kier alpha value is -2.46. The molecule has 0 bridgehead atoms. The average Bonchev–Trinajstić information content (AvgIpc) is 2.83. The van der Waals surface area contributed by atoms with E-state index in [-0.39, 0.29) is 5.88 Å². The van der Waals surface area contributed by atoms with Crippen LogP contribution < -0.4 is 4.74 Å². The lowest BCUT2D eigenvalue weighted by molar-refractivity contribution is 0.414. The minimum Gasteiger partial charge on any atom is -0.497 e. The molecular formula is C17H15ClN2O2. The predicted octanol–water partition coefficient (Wildman–Crippen LogP) is 4.15. The van der Waals surface area contributed by atoms with Crippen molar-refractivity contribution in [3.63, 3.8) is 0 Å². The molecule has 1 heterocycles. The molecule has 0 aliphatic carbocycles. The number of nitrogens with one attached hydrogen (secondary N) is 1. The Kier molecular flexibility index (Phi) is 4.02. The predicted molar refractivity (Wildman–Crippen MR) is 89.3 cm³/mol. The van der Waals surface area contributed by atoms with E-state index >= 15 is 0 Å². The Morgan fingerprint density at radius 1 is 1.23 bits per heavy atom. The first-order valence-corrected chi connectivity index (χ1v) is 7.18. The first-order valence-electron chi connectivity index (χ1n) is 6.80. The maximum Gasteiger partial charge on any atom is 0.198 e. The summed E-state index contributed by atoms with van der Waals surface area (Å²) in [5.74, 6) is 0.912. The first-order chi connectivity index (χ1) is 10.7. The number of nitrogens with zero attached hydrogens (tertiary/aromatic N) is 1. The lowest BCUT2D eigenvalue weighted by Crippen LogP contribution is -1.86. The second-order valence-electron chi connectivity index (χ2n) is 4.90. The van der Waals surface area contributed by atoms with Crippen molar-refractivity contribution >= 4 is 28.7 Å². The van der Waals surface area contributed by atoms with Crippen molar-refractivity contribution in [3.8, 4) is 11.6 Å². The minimum atomic E-state index is 0.0933. The number of aliphatic imine (C=N–C) groups is 1. The van der Waals surface area contributed by atoms with Gasteiger partial charge in [-0.05, 0) is 29.8 Å². The number of rotatable bonds is 4. The quantitative estimate of drug-likeness (QED) is 0.711. The Morgan fingerprint density at radius 3 is 2.73 bits per heavy atom. The van der Waals surface area contributed by atoms with Crippen molar-refractivity contribution in [2.75, 3.05) is 7.11 Å². The number of hydrogen-bond acceptors (Lipinski definition) is 3. The van der Waals surface area contributed by atoms with Gasteiger partial charge in [-0.3, -0.25) is 4.99 Å². The summed E-state index contributed by atoms with van der Waals surface area (Å²) in [6, 6.07) is 13.2. The van der Waals surface area contributed by atoms with Gasteiger partial charge in [-0.15, -0.1) is 0 Å². The molecular weight excluding hydrogens is 300 g/mol. The number of H-pyrrole nitrogens is 1. The van der Waals surface area contributed by atoms with E-state index in [1.807, 2.05) is 30.3 Å². The highest BCUT2D eigenvalue weighted by Gasteiger charge is 2.08. The van der Waals surface area contributed by atoms with Crippen LogP contribution in [0.3, 0.4) is 0 Å². The molecule has 2 aromatic carbocycles. The van der Waals surface area contributed by atoms with E-state index < -0.39 is 0 Å². The molecule has 1 aromatic heterocycles. The number of fused-ring (bicyclic) bond motifs is 1. The molecule has 5 heteroatoms. The number of halogens is 1. The molecule has 0 saturated carbocycles. The summed E-state index contributed by atoms with van der Waals surface area (Å²) in [7, 11) is 1.64. The largest absolute Gasteiger partial charge is 0.497 e. The van der Waals surface area contributed by atoms with Crippen LogP contribution in [-0.4, -0.2) is 23.4 Å². The number of ether oxygens (including phenoxy) is 1. The van der Waals surface area contributed by atoms with E-state index in [1.165, 1.54) is 0 Å². The van der Waals surface area contributed by atoms with Crippen LogP contribution in [-0.2, 0) is 6.54 Å². The van der Waals surface area contributed by atoms with Crippen LogP contribution in [0.15, 0.2) is 47.5 Å². The molecule has 3 rings (SSSR count). The zero-order valence-corrected chi connectivity index (χ0v) is 12.8. The minimum absolute atomic E-state index is 0.0933. The van der Waals surface area contributed by atoms with Crippen molar-refractivity contribution in [1.82, 2.24) is 4.98 Å². The van der Waals surface area contributed by atoms with Gasteiger partial charge in [0.1, 0.15) is 5.75 Å². The fraction of sp³-hybridized carbons (Fsp3) is 0.118. The number of aromatic nitrogens is 1. The highest BCUT2D eigenvalue weighted by atomic mass is 35.5. The molecule has 3 aromatic rings. The van der Waals surface area contributed by atoms with Gasteiger partial charge in [-0.25, -0.2) is 0 Å². The van der Waals surface area contributed by atoms with Gasteiger partial charge in [0, 0.05) is 16.6 Å². The number of aromatic amines is 1. The van der Waals surface area contributed by atoms with Gasteiger partial charge in [0.05, 0.1) is 24.7 Å². The fourth-order valence-electron chi connectivity index (χ4n) is 2.28. The van der Waals surface area contributed by atoms with E-state index in [4.69, 9.17) is 16.3 Å². The Labute approximate surface area is 133 Å². The highest BCUT2D eigenvalue weighted by Crippen LogP contribution is 2.27. The lowest BCUT2D eigenvalue weighted by atomic mass is 10.2. The van der Waals surface area contributed by atoms with Crippen molar-refractivity contribution < 1.29 is 9.84 Å². The summed E-state index contributed by atoms with van der Waals surface area (Å²) < 4.78 is 5.12. The SMILES string of the molecule is COc1ccc(CN=Cc2c(O)[nH]c3cc(Cl)ccc23)cc1. The summed E-state index contributed by atoms with van der Waals surface area (Å²) in [6.45, 7) is 0.531. The number of methoxy groups -OCH3 is 1. The molecule has 0 amide bonds. The normalized spacial score (nSPS) is 11.4. The molecule has 0 atom stereocenters. The van der Waals surface area contributed by atoms with E-state index in [0.717, 1.165) is 22.2 Å². The lowest BCUT2D eigenvalue weighted by Gasteiger charge is -2.00. The van der Waals surface area contributed by atoms with Crippen LogP contribution in [0.25, 0.3) is 10.9 Å². The summed E-state index contributed by atoms with van der Waals surface area (Å²) >= 11 is 5.94. The molecule has 0 saturated heterocycles. The zero-order chi connectivity index (χ0) is 15.5. The summed E-state index contributed by atoms with van der Waals surface area (Å²) in [4.78, 5) is 7.29. The third-order valence-electron chi connectivity index (χ3n) is 3.43. The molecule has 0 unspecified atom stereocenters. The number of aromatic hydroxyl groups is 1. The maximum absolute atomic E-state index is 9.98. The van der Waals surface area contributed by atoms with E-state index in [9.17, 15) is 5.11 Å². The molecule has 0 aliphatic rings. The smallest absolute Gasteiger partial charge is 0.198 e. The van der Waals surface area contributed by atoms with Gasteiger partial charge in [0.15, 0.2) is 5.88 Å². The molecule has 0 aliphatic heterocycles. The second kappa shape index (κ2) is 6.12. The van der Waals surface area contributed by atoms with Crippen molar-refractivity contribution in [2.24, 2.45) is 4.99 Å². The standard InChI is InChI=1S/C17H15ClN2O2/c1-22-13-5-2-11(3-6-13)9-19-10-15-14-7-4-12(18)8-16(14)20-17(15)21/h2-8,10,20-21H,9H2,1H3. The Bertz CT molecular complexity index is 823. The van der Waals surface area contributed by atoms with Crippen molar-refractivity contribution in [3.05, 3.63) is 58.6 Å². The molecule has 112 valence electrons. The molecule has 22 heavy (non-hydrogen) atoms. The van der Waals surface area contributed by atoms with Gasteiger partial charge in [0.25, 0.3) is 0 Å². The van der Waals surface area contributed by atoms with Gasteiger partial charge in [0.2, 0.25) is 0 Å². The average molecular weight is 315 g/mol. The maximum atomic E-state index is 9.98. The zero-order valence-electron chi connectivity index (χ0n) is 12.0. The van der Waals surface area contributed by atoms with Crippen molar-refractivity contribution in [1.29, 1.82) is 0 Å². The second-order valence-corrected chi connectivity index (χ2v) is 5.33. The first kappa shape index (κ1) is 14.5. The molecule has 0 fully saturated rings. The third kappa shape index (κ3) is 2.92. The number of hydrogen-bond donors (Lipinski definition) is 2. The van der Waals surface area contributed by atoms with Crippen LogP contribution >= 0.6 is 11.6 Å². The molecule has 2 N–H and O–H groups in total. The van der Waals surface area contributed by atoms with E-state index in [0.29, 0.717) is 17.1 Å². The van der Waals surface area contributed by atoms with Gasteiger partial charge >= 0.3 is 0 Å². The van der Waals surface area contributed by atoms with Gasteiger partial charge in [-0.2, -0.15) is 0 Å². The van der Waals surface area contributed by atoms with Crippen LogP contribution in [0.1, 0.15) is 11.1 Å².